The zero-order chi connectivity index (χ0) is 23.8. The van der Waals surface area contributed by atoms with E-state index in [1.165, 1.54) is 5.56 Å². The summed E-state index contributed by atoms with van der Waals surface area (Å²) in [6, 6.07) is 20.2. The van der Waals surface area contributed by atoms with Gasteiger partial charge >= 0.3 is 5.97 Å². The zero-order valence-corrected chi connectivity index (χ0v) is 20.5. The summed E-state index contributed by atoms with van der Waals surface area (Å²) in [5, 5.41) is 0. The number of esters is 1. The highest BCUT2D eigenvalue weighted by molar-refractivity contribution is 6.02. The van der Waals surface area contributed by atoms with Crippen LogP contribution in [0.4, 0.5) is 5.69 Å². The lowest BCUT2D eigenvalue weighted by molar-refractivity contribution is -0.154. The Hall–Kier alpha value is -2.66. The van der Waals surface area contributed by atoms with Gasteiger partial charge in [0, 0.05) is 31.2 Å². The number of carbonyl (C=O) groups is 2. The molecule has 2 atom stereocenters. The molecule has 0 radical (unpaired) electrons. The second kappa shape index (κ2) is 11.5. The molecule has 1 aliphatic rings. The molecule has 1 saturated heterocycles. The lowest BCUT2D eigenvalue weighted by atomic mass is 9.79. The molecule has 1 aliphatic heterocycles. The molecular weight excluding hydrogens is 412 g/mol. The van der Waals surface area contributed by atoms with Gasteiger partial charge in [0.15, 0.2) is 0 Å². The third kappa shape index (κ3) is 5.83. The Morgan fingerprint density at radius 3 is 2.27 bits per heavy atom. The van der Waals surface area contributed by atoms with E-state index in [9.17, 15) is 9.59 Å². The molecule has 33 heavy (non-hydrogen) atoms. The quantitative estimate of drug-likeness (QED) is 0.477. The molecule has 0 saturated carbocycles. The molecule has 1 heterocycles. The smallest absolute Gasteiger partial charge is 0.332 e. The Balaban J connectivity index is 2.00. The molecule has 0 spiro atoms. The lowest BCUT2D eigenvalue weighted by Crippen LogP contribution is -2.65. The SMILES string of the molecule is CCOC(=O)C1(N(C(=O)CC(C)C)c2ccccc2)CCN(Cc2ccccc2)C(CC)C1. The summed E-state index contributed by atoms with van der Waals surface area (Å²) in [4.78, 5) is 31.5. The minimum atomic E-state index is -1.00. The maximum absolute atomic E-state index is 13.6. The predicted molar refractivity (Wildman–Crippen MR) is 133 cm³/mol. The summed E-state index contributed by atoms with van der Waals surface area (Å²) < 4.78 is 5.64. The first kappa shape index (κ1) is 25.0. The third-order valence-corrected chi connectivity index (χ3v) is 6.53. The number of piperidine rings is 1. The number of hydrogen-bond donors (Lipinski definition) is 0. The fourth-order valence-electron chi connectivity index (χ4n) is 4.95. The second-order valence-electron chi connectivity index (χ2n) is 9.39. The lowest BCUT2D eigenvalue weighted by Gasteiger charge is -2.50. The van der Waals surface area contributed by atoms with Crippen molar-refractivity contribution >= 4 is 17.6 Å². The number of para-hydroxylation sites is 1. The van der Waals surface area contributed by atoms with Gasteiger partial charge in [0.05, 0.1) is 6.61 Å². The highest BCUT2D eigenvalue weighted by atomic mass is 16.5. The predicted octanol–water partition coefficient (Wildman–Crippen LogP) is 5.44. The van der Waals surface area contributed by atoms with E-state index in [-0.39, 0.29) is 23.8 Å². The standard InChI is InChI=1S/C28H38N2O3/c1-5-24-20-28(27(32)33-6-2,17-18-29(24)21-23-13-9-7-10-14-23)30(26(31)19-22(3)4)25-15-11-8-12-16-25/h7-16,22,24H,5-6,17-21H2,1-4H3. The Morgan fingerprint density at radius 2 is 1.70 bits per heavy atom. The van der Waals surface area contributed by atoms with Gasteiger partial charge in [0.25, 0.3) is 0 Å². The minimum absolute atomic E-state index is 0.0179. The molecule has 2 unspecified atom stereocenters. The van der Waals surface area contributed by atoms with Crippen LogP contribution in [0.2, 0.25) is 0 Å². The molecule has 0 aromatic heterocycles. The van der Waals surface area contributed by atoms with Gasteiger partial charge in [-0.1, -0.05) is 69.3 Å². The van der Waals surface area contributed by atoms with Crippen LogP contribution in [-0.4, -0.2) is 41.5 Å². The summed E-state index contributed by atoms with van der Waals surface area (Å²) in [6.07, 6.45) is 2.40. The number of rotatable bonds is 9. The molecule has 2 aromatic rings. The number of carbonyl (C=O) groups excluding carboxylic acids is 2. The van der Waals surface area contributed by atoms with Crippen LogP contribution in [0.1, 0.15) is 58.9 Å². The minimum Gasteiger partial charge on any atom is -0.464 e. The first-order chi connectivity index (χ1) is 15.9. The van der Waals surface area contributed by atoms with E-state index in [1.807, 2.05) is 57.2 Å². The fraction of sp³-hybridized carbons (Fsp3) is 0.500. The monoisotopic (exact) mass is 450 g/mol. The maximum atomic E-state index is 13.6. The van der Waals surface area contributed by atoms with Gasteiger partial charge < -0.3 is 4.74 Å². The second-order valence-corrected chi connectivity index (χ2v) is 9.39. The highest BCUT2D eigenvalue weighted by Crippen LogP contribution is 2.39. The van der Waals surface area contributed by atoms with E-state index in [1.54, 1.807) is 4.90 Å². The van der Waals surface area contributed by atoms with Gasteiger partial charge in [0.2, 0.25) is 5.91 Å². The number of hydrogen-bond acceptors (Lipinski definition) is 4. The van der Waals surface area contributed by atoms with Gasteiger partial charge in [-0.2, -0.15) is 0 Å². The molecule has 178 valence electrons. The van der Waals surface area contributed by atoms with Gasteiger partial charge in [-0.15, -0.1) is 0 Å². The molecular formula is C28H38N2O3. The number of nitrogens with zero attached hydrogens (tertiary/aromatic N) is 2. The van der Waals surface area contributed by atoms with Crippen molar-refractivity contribution in [1.29, 1.82) is 0 Å². The van der Waals surface area contributed by atoms with Crippen LogP contribution in [0.25, 0.3) is 0 Å². The van der Waals surface area contributed by atoms with E-state index < -0.39 is 5.54 Å². The van der Waals surface area contributed by atoms with E-state index in [0.717, 1.165) is 25.2 Å². The molecule has 0 bridgehead atoms. The Morgan fingerprint density at radius 1 is 1.06 bits per heavy atom. The van der Waals surface area contributed by atoms with Crippen LogP contribution >= 0.6 is 0 Å². The van der Waals surface area contributed by atoms with Gasteiger partial charge in [0.1, 0.15) is 5.54 Å². The van der Waals surface area contributed by atoms with Gasteiger partial charge in [-0.25, -0.2) is 4.79 Å². The molecule has 1 fully saturated rings. The van der Waals surface area contributed by atoms with Crippen LogP contribution in [-0.2, 0) is 20.9 Å². The largest absolute Gasteiger partial charge is 0.464 e. The molecule has 2 aromatic carbocycles. The van der Waals surface area contributed by atoms with Crippen LogP contribution in [0.15, 0.2) is 60.7 Å². The summed E-state index contributed by atoms with van der Waals surface area (Å²) in [5.41, 5.74) is 1.02. The average Bonchev–Trinajstić information content (AvgIpc) is 2.81. The van der Waals surface area contributed by atoms with Crippen molar-refractivity contribution in [1.82, 2.24) is 4.90 Å². The average molecular weight is 451 g/mol. The summed E-state index contributed by atoms with van der Waals surface area (Å²) in [7, 11) is 0. The first-order valence-corrected chi connectivity index (χ1v) is 12.2. The van der Waals surface area contributed by atoms with E-state index in [4.69, 9.17) is 4.74 Å². The Kier molecular flexibility index (Phi) is 8.67. The van der Waals surface area contributed by atoms with Crippen LogP contribution in [0.3, 0.4) is 0 Å². The number of likely N-dealkylation sites (tertiary alicyclic amines) is 1. The first-order valence-electron chi connectivity index (χ1n) is 12.2. The third-order valence-electron chi connectivity index (χ3n) is 6.53. The van der Waals surface area contributed by atoms with Crippen molar-refractivity contribution in [2.45, 2.75) is 71.5 Å². The number of amides is 1. The van der Waals surface area contributed by atoms with Crippen LogP contribution < -0.4 is 4.90 Å². The van der Waals surface area contributed by atoms with Crippen molar-refractivity contribution in [2.24, 2.45) is 5.92 Å². The normalized spacial score (nSPS) is 21.1. The van der Waals surface area contributed by atoms with Crippen molar-refractivity contribution in [2.75, 3.05) is 18.1 Å². The maximum Gasteiger partial charge on any atom is 0.332 e. The molecule has 5 nitrogen and oxygen atoms in total. The van der Waals surface area contributed by atoms with E-state index in [2.05, 4.69) is 36.1 Å². The summed E-state index contributed by atoms with van der Waals surface area (Å²) in [6.45, 7) is 9.92. The number of ether oxygens (including phenoxy) is 1. The van der Waals surface area contributed by atoms with Crippen LogP contribution in [0, 0.1) is 5.92 Å². The Labute approximate surface area is 198 Å². The Bertz CT molecular complexity index is 900. The molecule has 3 rings (SSSR count). The molecule has 0 aliphatic carbocycles. The van der Waals surface area contributed by atoms with Crippen molar-refractivity contribution in [3.05, 3.63) is 66.2 Å². The molecule has 5 heteroatoms. The van der Waals surface area contributed by atoms with Crippen molar-refractivity contribution in [3.8, 4) is 0 Å². The molecule has 1 amide bonds. The van der Waals surface area contributed by atoms with Crippen molar-refractivity contribution < 1.29 is 14.3 Å². The van der Waals surface area contributed by atoms with Gasteiger partial charge in [-0.05, 0) is 49.8 Å². The van der Waals surface area contributed by atoms with Gasteiger partial charge in [-0.3, -0.25) is 14.6 Å². The van der Waals surface area contributed by atoms with E-state index >= 15 is 0 Å². The number of benzene rings is 2. The molecule has 0 N–H and O–H groups in total. The topological polar surface area (TPSA) is 49.9 Å². The zero-order valence-electron chi connectivity index (χ0n) is 20.5. The number of anilines is 1. The highest BCUT2D eigenvalue weighted by Gasteiger charge is 2.52. The summed E-state index contributed by atoms with van der Waals surface area (Å²) >= 11 is 0. The summed E-state index contributed by atoms with van der Waals surface area (Å²) in [5.74, 6) is -0.109. The van der Waals surface area contributed by atoms with Crippen molar-refractivity contribution in [3.63, 3.8) is 0 Å². The van der Waals surface area contributed by atoms with Crippen LogP contribution in [0.5, 0.6) is 0 Å². The van der Waals surface area contributed by atoms with E-state index in [0.29, 0.717) is 25.9 Å². The fourth-order valence-corrected chi connectivity index (χ4v) is 4.95.